The van der Waals surface area contributed by atoms with Crippen molar-refractivity contribution in [2.24, 2.45) is 4.99 Å². The van der Waals surface area contributed by atoms with Gasteiger partial charge >= 0.3 is 6.18 Å². The van der Waals surface area contributed by atoms with Gasteiger partial charge in [-0.2, -0.15) is 13.2 Å². The highest BCUT2D eigenvalue weighted by Crippen LogP contribution is 2.29. The van der Waals surface area contributed by atoms with Crippen LogP contribution in [0.2, 0.25) is 0 Å². The van der Waals surface area contributed by atoms with Gasteiger partial charge in [-0.25, -0.2) is 4.98 Å². The lowest BCUT2D eigenvalue weighted by Gasteiger charge is -2.36. The van der Waals surface area contributed by atoms with Gasteiger partial charge in [0.1, 0.15) is 5.01 Å². The number of hydrogen-bond donors (Lipinski definition) is 2. The van der Waals surface area contributed by atoms with Crippen LogP contribution in [0.3, 0.4) is 0 Å². The number of nitrogens with one attached hydrogen (secondary N) is 2. The number of thiazole rings is 1. The molecule has 11 heteroatoms. The zero-order valence-corrected chi connectivity index (χ0v) is 18.3. The SMILES string of the molecule is CN=C(NCc1nc(C(F)(F)F)cs1)NCC(C)N1CCN(C)CC1.I. The summed E-state index contributed by atoms with van der Waals surface area (Å²) < 4.78 is 37.7. The van der Waals surface area contributed by atoms with E-state index in [1.807, 2.05) is 0 Å². The molecular formula is C15H26F3IN6S. The highest BCUT2D eigenvalue weighted by molar-refractivity contribution is 14.0. The van der Waals surface area contributed by atoms with Crippen LogP contribution in [0, 0.1) is 0 Å². The van der Waals surface area contributed by atoms with Crippen molar-refractivity contribution in [1.82, 2.24) is 25.4 Å². The second kappa shape index (κ2) is 10.6. The summed E-state index contributed by atoms with van der Waals surface area (Å²) in [5.74, 6) is 0.560. The Labute approximate surface area is 173 Å². The third-order valence-corrected chi connectivity index (χ3v) is 5.05. The van der Waals surface area contributed by atoms with Crippen LogP contribution >= 0.6 is 35.3 Å². The molecule has 150 valence electrons. The molecule has 1 unspecified atom stereocenters. The predicted octanol–water partition coefficient (Wildman–Crippen LogP) is 2.08. The molecule has 1 atom stereocenters. The number of nitrogens with zero attached hydrogens (tertiary/aromatic N) is 4. The Morgan fingerprint density at radius 3 is 2.50 bits per heavy atom. The van der Waals surface area contributed by atoms with E-state index in [-0.39, 0.29) is 30.5 Å². The molecule has 1 aliphatic heterocycles. The largest absolute Gasteiger partial charge is 0.434 e. The summed E-state index contributed by atoms with van der Waals surface area (Å²) in [6, 6.07) is 0.351. The summed E-state index contributed by atoms with van der Waals surface area (Å²) in [6.07, 6.45) is -4.40. The Kier molecular flexibility index (Phi) is 9.55. The molecule has 0 spiro atoms. The van der Waals surface area contributed by atoms with Crippen molar-refractivity contribution in [2.75, 3.05) is 46.8 Å². The molecule has 0 amide bonds. The molecule has 0 aliphatic carbocycles. The monoisotopic (exact) mass is 506 g/mol. The van der Waals surface area contributed by atoms with E-state index in [9.17, 15) is 13.2 Å². The Balaban J connectivity index is 0.00000338. The number of alkyl halides is 3. The van der Waals surface area contributed by atoms with Crippen LogP contribution in [0.25, 0.3) is 0 Å². The van der Waals surface area contributed by atoms with Crippen LogP contribution in [0.5, 0.6) is 0 Å². The van der Waals surface area contributed by atoms with Gasteiger partial charge in [0.15, 0.2) is 11.7 Å². The van der Waals surface area contributed by atoms with Gasteiger partial charge in [-0.15, -0.1) is 35.3 Å². The van der Waals surface area contributed by atoms with Crippen molar-refractivity contribution in [3.05, 3.63) is 16.1 Å². The van der Waals surface area contributed by atoms with E-state index >= 15 is 0 Å². The second-order valence-corrected chi connectivity index (χ2v) is 7.06. The molecule has 1 saturated heterocycles. The van der Waals surface area contributed by atoms with Crippen molar-refractivity contribution in [1.29, 1.82) is 0 Å². The maximum atomic E-state index is 12.6. The normalized spacial score (nSPS) is 18.3. The van der Waals surface area contributed by atoms with E-state index in [1.165, 1.54) is 0 Å². The molecule has 1 aliphatic rings. The number of hydrogen-bond acceptors (Lipinski definition) is 5. The van der Waals surface area contributed by atoms with Gasteiger partial charge in [-0.1, -0.05) is 0 Å². The number of aromatic nitrogens is 1. The third kappa shape index (κ3) is 7.16. The molecule has 1 fully saturated rings. The lowest BCUT2D eigenvalue weighted by molar-refractivity contribution is -0.140. The average Bonchev–Trinajstić information content (AvgIpc) is 3.04. The summed E-state index contributed by atoms with van der Waals surface area (Å²) in [6.45, 7) is 7.27. The molecular weight excluding hydrogens is 480 g/mol. The molecule has 0 radical (unpaired) electrons. The lowest BCUT2D eigenvalue weighted by atomic mass is 10.2. The van der Waals surface area contributed by atoms with Gasteiger partial charge in [0, 0.05) is 51.2 Å². The molecule has 0 aromatic carbocycles. The Bertz CT molecular complexity index is 572. The smallest absolute Gasteiger partial charge is 0.355 e. The summed E-state index contributed by atoms with van der Waals surface area (Å²) in [4.78, 5) is 12.4. The number of aliphatic imine (C=N–C) groups is 1. The van der Waals surface area contributed by atoms with E-state index in [4.69, 9.17) is 0 Å². The van der Waals surface area contributed by atoms with Gasteiger partial charge in [-0.05, 0) is 14.0 Å². The van der Waals surface area contributed by atoms with Crippen molar-refractivity contribution in [3.63, 3.8) is 0 Å². The van der Waals surface area contributed by atoms with Crippen LogP contribution in [0.4, 0.5) is 13.2 Å². The summed E-state index contributed by atoms with van der Waals surface area (Å²) in [5.41, 5.74) is -0.846. The number of likely N-dealkylation sites (N-methyl/N-ethyl adjacent to an activating group) is 1. The minimum atomic E-state index is -4.40. The molecule has 2 rings (SSSR count). The predicted molar refractivity (Wildman–Crippen MR) is 109 cm³/mol. The fraction of sp³-hybridized carbons (Fsp3) is 0.733. The average molecular weight is 506 g/mol. The summed E-state index contributed by atoms with van der Waals surface area (Å²) in [5, 5.41) is 7.64. The lowest BCUT2D eigenvalue weighted by Crippen LogP contribution is -2.52. The number of halogens is 4. The van der Waals surface area contributed by atoms with E-state index in [0.717, 1.165) is 49.4 Å². The second-order valence-electron chi connectivity index (χ2n) is 6.12. The topological polar surface area (TPSA) is 55.8 Å². The van der Waals surface area contributed by atoms with Gasteiger partial charge in [0.25, 0.3) is 0 Å². The maximum absolute atomic E-state index is 12.6. The van der Waals surface area contributed by atoms with E-state index in [0.29, 0.717) is 17.0 Å². The Hall–Kier alpha value is -0.660. The molecule has 0 saturated carbocycles. The quantitative estimate of drug-likeness (QED) is 0.364. The van der Waals surface area contributed by atoms with Gasteiger partial charge in [0.05, 0.1) is 6.54 Å². The van der Waals surface area contributed by atoms with Crippen molar-refractivity contribution >= 4 is 41.3 Å². The van der Waals surface area contributed by atoms with Gasteiger partial charge in [0.2, 0.25) is 0 Å². The van der Waals surface area contributed by atoms with Crippen LogP contribution in [-0.4, -0.2) is 73.6 Å². The van der Waals surface area contributed by atoms with Crippen LogP contribution < -0.4 is 10.6 Å². The highest BCUT2D eigenvalue weighted by Gasteiger charge is 2.33. The third-order valence-electron chi connectivity index (χ3n) is 4.20. The molecule has 0 bridgehead atoms. The number of piperazine rings is 1. The molecule has 6 nitrogen and oxygen atoms in total. The van der Waals surface area contributed by atoms with E-state index in [1.54, 1.807) is 7.05 Å². The standard InChI is InChI=1S/C15H25F3N6S.HI/c1-11(24-6-4-23(3)5-7-24)8-20-14(19-2)21-9-13-22-12(10-25-13)15(16,17)18;/h10-11H,4-9H2,1-3H3,(H2,19,20,21);1H. The van der Waals surface area contributed by atoms with Crippen LogP contribution in [-0.2, 0) is 12.7 Å². The summed E-state index contributed by atoms with van der Waals surface area (Å²) in [7, 11) is 3.76. The fourth-order valence-corrected chi connectivity index (χ4v) is 3.28. The van der Waals surface area contributed by atoms with Crippen LogP contribution in [0.15, 0.2) is 10.4 Å². The van der Waals surface area contributed by atoms with E-state index in [2.05, 4.69) is 44.4 Å². The number of guanidine groups is 1. The molecule has 2 N–H and O–H groups in total. The Morgan fingerprint density at radius 1 is 1.31 bits per heavy atom. The number of rotatable bonds is 5. The first-order valence-electron chi connectivity index (χ1n) is 8.18. The van der Waals surface area contributed by atoms with Gasteiger partial charge in [-0.3, -0.25) is 9.89 Å². The van der Waals surface area contributed by atoms with E-state index < -0.39 is 11.9 Å². The first kappa shape index (κ1) is 23.4. The van der Waals surface area contributed by atoms with Crippen molar-refractivity contribution in [2.45, 2.75) is 25.7 Å². The van der Waals surface area contributed by atoms with Crippen LogP contribution in [0.1, 0.15) is 17.6 Å². The highest BCUT2D eigenvalue weighted by atomic mass is 127. The maximum Gasteiger partial charge on any atom is 0.434 e. The minimum Gasteiger partial charge on any atom is -0.355 e. The molecule has 26 heavy (non-hydrogen) atoms. The van der Waals surface area contributed by atoms with Gasteiger partial charge < -0.3 is 15.5 Å². The fourth-order valence-electron chi connectivity index (χ4n) is 2.54. The van der Waals surface area contributed by atoms with Crippen molar-refractivity contribution in [3.8, 4) is 0 Å². The minimum absolute atomic E-state index is 0. The molecule has 2 heterocycles. The molecule has 1 aromatic rings. The zero-order valence-electron chi connectivity index (χ0n) is 15.1. The first-order chi connectivity index (χ1) is 11.8. The Morgan fingerprint density at radius 2 is 1.96 bits per heavy atom. The first-order valence-corrected chi connectivity index (χ1v) is 9.06. The molecule has 1 aromatic heterocycles. The van der Waals surface area contributed by atoms with Crippen molar-refractivity contribution < 1.29 is 13.2 Å². The summed E-state index contributed by atoms with van der Waals surface area (Å²) >= 11 is 0.987. The zero-order chi connectivity index (χ0) is 18.4.